The molecule has 3 nitrogen and oxygen atoms in total. The molecule has 2 rings (SSSR count). The summed E-state index contributed by atoms with van der Waals surface area (Å²) in [6.07, 6.45) is 2.73. The molecule has 0 amide bonds. The maximum atomic E-state index is 5.67. The van der Waals surface area contributed by atoms with Crippen molar-refractivity contribution < 1.29 is 0 Å². The Hall–Kier alpha value is -1.77. The van der Waals surface area contributed by atoms with E-state index in [1.54, 1.807) is 0 Å². The highest BCUT2D eigenvalue weighted by molar-refractivity contribution is 5.88. The monoisotopic (exact) mass is 173 g/mol. The first-order valence-corrected chi connectivity index (χ1v) is 4.14. The molecule has 3 heteroatoms. The highest BCUT2D eigenvalue weighted by Gasteiger charge is 2.01. The topological polar surface area (TPSA) is 54.7 Å². The van der Waals surface area contributed by atoms with Gasteiger partial charge in [-0.25, -0.2) is 0 Å². The molecule has 3 N–H and O–H groups in total. The second-order valence-corrected chi connectivity index (χ2v) is 2.98. The fourth-order valence-electron chi connectivity index (χ4n) is 1.38. The molecule has 1 aromatic carbocycles. The van der Waals surface area contributed by atoms with Crippen LogP contribution in [0.2, 0.25) is 0 Å². The molecule has 2 aromatic rings. The number of H-pyrrole nitrogens is 1. The van der Waals surface area contributed by atoms with Gasteiger partial charge in [-0.3, -0.25) is 5.10 Å². The Kier molecular flexibility index (Phi) is 1.77. The van der Waals surface area contributed by atoms with Crippen molar-refractivity contribution in [1.82, 2.24) is 10.2 Å². The molecule has 0 unspecified atom stereocenters. The van der Waals surface area contributed by atoms with Crippen LogP contribution in [-0.4, -0.2) is 10.2 Å². The van der Waals surface area contributed by atoms with Crippen molar-refractivity contribution in [3.8, 4) is 0 Å². The summed E-state index contributed by atoms with van der Waals surface area (Å²) in [6.45, 7) is 3.69. The number of allylic oxidation sites excluding steroid dienone is 1. The lowest BCUT2D eigenvalue weighted by atomic mass is 10.1. The molecule has 0 saturated heterocycles. The zero-order valence-corrected chi connectivity index (χ0v) is 7.25. The molecule has 0 bridgehead atoms. The summed E-state index contributed by atoms with van der Waals surface area (Å²) in [5, 5.41) is 7.77. The lowest BCUT2D eigenvalue weighted by molar-refractivity contribution is 1.13. The van der Waals surface area contributed by atoms with Gasteiger partial charge in [0, 0.05) is 5.39 Å². The predicted molar refractivity (Wildman–Crippen MR) is 54.4 cm³/mol. The first-order valence-electron chi connectivity index (χ1n) is 4.14. The van der Waals surface area contributed by atoms with Gasteiger partial charge in [0.1, 0.15) is 0 Å². The zero-order chi connectivity index (χ0) is 9.26. The molecule has 1 aromatic heterocycles. The summed E-state index contributed by atoms with van der Waals surface area (Å²) < 4.78 is 0. The van der Waals surface area contributed by atoms with Crippen LogP contribution in [0.5, 0.6) is 0 Å². The Morgan fingerprint density at radius 1 is 1.54 bits per heavy atom. The van der Waals surface area contributed by atoms with Crippen molar-refractivity contribution in [2.45, 2.75) is 6.42 Å². The van der Waals surface area contributed by atoms with Gasteiger partial charge in [-0.05, 0) is 24.1 Å². The summed E-state index contributed by atoms with van der Waals surface area (Å²) >= 11 is 0. The van der Waals surface area contributed by atoms with Crippen LogP contribution in [0.4, 0.5) is 5.82 Å². The maximum absolute atomic E-state index is 5.67. The lowest BCUT2D eigenvalue weighted by Gasteiger charge is -1.96. The molecule has 0 aliphatic heterocycles. The lowest BCUT2D eigenvalue weighted by Crippen LogP contribution is -1.85. The Morgan fingerprint density at radius 3 is 3.15 bits per heavy atom. The van der Waals surface area contributed by atoms with E-state index < -0.39 is 0 Å². The van der Waals surface area contributed by atoms with E-state index in [2.05, 4.69) is 16.8 Å². The maximum Gasteiger partial charge on any atom is 0.153 e. The molecule has 0 radical (unpaired) electrons. The van der Waals surface area contributed by atoms with Gasteiger partial charge in [0.05, 0.1) is 5.52 Å². The summed E-state index contributed by atoms with van der Waals surface area (Å²) in [5.41, 5.74) is 7.85. The highest BCUT2D eigenvalue weighted by atomic mass is 15.1. The van der Waals surface area contributed by atoms with E-state index in [0.29, 0.717) is 5.82 Å². The molecular weight excluding hydrogens is 162 g/mol. The van der Waals surface area contributed by atoms with Gasteiger partial charge in [-0.15, -0.1) is 6.58 Å². The van der Waals surface area contributed by atoms with Gasteiger partial charge in [-0.2, -0.15) is 5.10 Å². The summed E-state index contributed by atoms with van der Waals surface area (Å²) in [6, 6.07) is 6.06. The molecule has 66 valence electrons. The second-order valence-electron chi connectivity index (χ2n) is 2.98. The molecule has 0 fully saturated rings. The van der Waals surface area contributed by atoms with Crippen LogP contribution in [-0.2, 0) is 6.42 Å². The number of nitrogen functional groups attached to an aromatic ring is 1. The fraction of sp³-hybridized carbons (Fsp3) is 0.100. The number of hydrogen-bond acceptors (Lipinski definition) is 2. The highest BCUT2D eigenvalue weighted by Crippen LogP contribution is 2.19. The van der Waals surface area contributed by atoms with Gasteiger partial charge in [0.25, 0.3) is 0 Å². The van der Waals surface area contributed by atoms with Crippen LogP contribution < -0.4 is 5.73 Å². The molecule has 0 aliphatic carbocycles. The summed E-state index contributed by atoms with van der Waals surface area (Å²) in [4.78, 5) is 0. The van der Waals surface area contributed by atoms with Crippen molar-refractivity contribution in [2.24, 2.45) is 0 Å². The Balaban J connectivity index is 2.58. The van der Waals surface area contributed by atoms with E-state index in [1.807, 2.05) is 24.3 Å². The predicted octanol–water partition coefficient (Wildman–Crippen LogP) is 1.87. The molecular formula is C10H11N3. The minimum absolute atomic E-state index is 0.556. The number of nitrogens with two attached hydrogens (primary N) is 1. The van der Waals surface area contributed by atoms with E-state index in [-0.39, 0.29) is 0 Å². The number of aromatic nitrogens is 2. The normalized spacial score (nSPS) is 10.5. The van der Waals surface area contributed by atoms with Gasteiger partial charge in [-0.1, -0.05) is 12.1 Å². The molecule has 13 heavy (non-hydrogen) atoms. The van der Waals surface area contributed by atoms with Crippen LogP contribution >= 0.6 is 0 Å². The van der Waals surface area contributed by atoms with Crippen molar-refractivity contribution in [1.29, 1.82) is 0 Å². The van der Waals surface area contributed by atoms with Crippen molar-refractivity contribution in [2.75, 3.05) is 5.73 Å². The minimum Gasteiger partial charge on any atom is -0.382 e. The largest absolute Gasteiger partial charge is 0.382 e. The fourth-order valence-corrected chi connectivity index (χ4v) is 1.38. The average Bonchev–Trinajstić information content (AvgIpc) is 2.49. The van der Waals surface area contributed by atoms with Crippen molar-refractivity contribution >= 4 is 16.7 Å². The van der Waals surface area contributed by atoms with Crippen LogP contribution in [0, 0.1) is 0 Å². The third kappa shape index (κ3) is 1.28. The van der Waals surface area contributed by atoms with E-state index in [0.717, 1.165) is 17.3 Å². The molecule has 0 saturated carbocycles. The Labute approximate surface area is 76.3 Å². The number of benzene rings is 1. The zero-order valence-electron chi connectivity index (χ0n) is 7.25. The molecule has 0 spiro atoms. The molecule has 0 atom stereocenters. The quantitative estimate of drug-likeness (QED) is 0.681. The second kappa shape index (κ2) is 2.94. The van der Waals surface area contributed by atoms with Gasteiger partial charge < -0.3 is 5.73 Å². The van der Waals surface area contributed by atoms with Crippen LogP contribution in [0.25, 0.3) is 10.9 Å². The summed E-state index contributed by atoms with van der Waals surface area (Å²) in [7, 11) is 0. The summed E-state index contributed by atoms with van der Waals surface area (Å²) in [5.74, 6) is 0.556. The molecule has 1 heterocycles. The number of rotatable bonds is 2. The van der Waals surface area contributed by atoms with Crippen LogP contribution in [0.15, 0.2) is 30.9 Å². The van der Waals surface area contributed by atoms with Gasteiger partial charge in [0.15, 0.2) is 5.82 Å². The smallest absolute Gasteiger partial charge is 0.153 e. The van der Waals surface area contributed by atoms with Crippen molar-refractivity contribution in [3.05, 3.63) is 36.4 Å². The third-order valence-electron chi connectivity index (χ3n) is 2.04. The van der Waals surface area contributed by atoms with Gasteiger partial charge >= 0.3 is 0 Å². The van der Waals surface area contributed by atoms with E-state index in [9.17, 15) is 0 Å². The Morgan fingerprint density at radius 2 is 2.38 bits per heavy atom. The first-order chi connectivity index (χ1) is 6.31. The minimum atomic E-state index is 0.556. The third-order valence-corrected chi connectivity index (χ3v) is 2.04. The number of fused-ring (bicyclic) bond motifs is 1. The number of nitrogens with one attached hydrogen (secondary N) is 1. The average molecular weight is 173 g/mol. The number of aromatic amines is 1. The van der Waals surface area contributed by atoms with Crippen molar-refractivity contribution in [3.63, 3.8) is 0 Å². The number of anilines is 1. The van der Waals surface area contributed by atoms with Crippen LogP contribution in [0.3, 0.4) is 0 Å². The SMILES string of the molecule is C=CCc1ccc2[nH]nc(N)c2c1. The standard InChI is InChI=1S/C10H11N3/c1-2-3-7-4-5-9-8(6-7)10(11)13-12-9/h2,4-6H,1,3H2,(H3,11,12,13). The van der Waals surface area contributed by atoms with E-state index >= 15 is 0 Å². The number of hydrogen-bond donors (Lipinski definition) is 2. The van der Waals surface area contributed by atoms with E-state index in [1.165, 1.54) is 5.56 Å². The molecule has 0 aliphatic rings. The van der Waals surface area contributed by atoms with E-state index in [4.69, 9.17) is 5.73 Å². The Bertz CT molecular complexity index is 442. The first kappa shape index (κ1) is 7.86. The van der Waals surface area contributed by atoms with Gasteiger partial charge in [0.2, 0.25) is 0 Å². The van der Waals surface area contributed by atoms with Crippen LogP contribution in [0.1, 0.15) is 5.56 Å². The number of nitrogens with zero attached hydrogens (tertiary/aromatic N) is 1.